The van der Waals surface area contributed by atoms with Gasteiger partial charge in [0.05, 0.1) is 12.2 Å². The van der Waals surface area contributed by atoms with Crippen LogP contribution in [0.5, 0.6) is 5.75 Å². The Morgan fingerprint density at radius 2 is 2.11 bits per heavy atom. The van der Waals surface area contributed by atoms with Crippen molar-refractivity contribution < 1.29 is 4.74 Å². The number of anilines is 1. The number of rotatable bonds is 9. The molecule has 3 aromatic rings. The van der Waals surface area contributed by atoms with Crippen LogP contribution < -0.4 is 15.6 Å². The molecule has 7 nitrogen and oxygen atoms in total. The summed E-state index contributed by atoms with van der Waals surface area (Å²) >= 11 is 1.80. The van der Waals surface area contributed by atoms with E-state index in [2.05, 4.69) is 31.5 Å². The Bertz CT molecular complexity index is 960. The van der Waals surface area contributed by atoms with Crippen LogP contribution >= 0.6 is 11.8 Å². The molecule has 8 heteroatoms. The third kappa shape index (κ3) is 4.77. The van der Waals surface area contributed by atoms with Gasteiger partial charge in [-0.25, -0.2) is 9.97 Å². The lowest BCUT2D eigenvalue weighted by Gasteiger charge is -2.10. The molecule has 2 aromatic heterocycles. The number of H-pyrrole nitrogens is 1. The zero-order valence-electron chi connectivity index (χ0n) is 15.5. The van der Waals surface area contributed by atoms with Crippen LogP contribution in [0, 0.1) is 0 Å². The summed E-state index contributed by atoms with van der Waals surface area (Å²) in [7, 11) is 0. The smallest absolute Gasteiger partial charge is 0.262 e. The zero-order valence-corrected chi connectivity index (χ0v) is 16.3. The van der Waals surface area contributed by atoms with Crippen molar-refractivity contribution in [3.63, 3.8) is 0 Å². The molecule has 0 bridgehead atoms. The summed E-state index contributed by atoms with van der Waals surface area (Å²) in [5.74, 6) is 2.66. The third-order valence-electron chi connectivity index (χ3n) is 3.88. The van der Waals surface area contributed by atoms with E-state index < -0.39 is 0 Å². The van der Waals surface area contributed by atoms with Gasteiger partial charge in [0.2, 0.25) is 5.95 Å². The molecule has 1 aromatic carbocycles. The van der Waals surface area contributed by atoms with Crippen LogP contribution in [0.1, 0.15) is 19.8 Å². The van der Waals surface area contributed by atoms with Crippen LogP contribution in [-0.4, -0.2) is 45.1 Å². The zero-order chi connectivity index (χ0) is 19.1. The van der Waals surface area contributed by atoms with E-state index >= 15 is 0 Å². The highest BCUT2D eigenvalue weighted by molar-refractivity contribution is 7.98. The van der Waals surface area contributed by atoms with E-state index in [1.165, 1.54) is 6.20 Å². The minimum atomic E-state index is -0.269. The second-order valence-electron chi connectivity index (χ2n) is 5.96. The van der Waals surface area contributed by atoms with Crippen molar-refractivity contribution in [2.45, 2.75) is 19.8 Å². The summed E-state index contributed by atoms with van der Waals surface area (Å²) in [6, 6.07) is 7.52. The molecule has 0 unspecified atom stereocenters. The summed E-state index contributed by atoms with van der Waals surface area (Å²) in [6.07, 6.45) is 5.49. The van der Waals surface area contributed by atoms with E-state index in [-0.39, 0.29) is 5.56 Å². The second kappa shape index (κ2) is 9.36. The van der Waals surface area contributed by atoms with Gasteiger partial charge in [0.25, 0.3) is 5.56 Å². The molecular formula is C19H23N5O2S. The maximum Gasteiger partial charge on any atom is 0.262 e. The van der Waals surface area contributed by atoms with Crippen LogP contribution in [-0.2, 0) is 0 Å². The molecule has 2 N–H and O–H groups in total. The van der Waals surface area contributed by atoms with Gasteiger partial charge in [-0.15, -0.1) is 0 Å². The summed E-state index contributed by atoms with van der Waals surface area (Å²) in [4.78, 5) is 28.5. The molecule has 0 saturated carbocycles. The van der Waals surface area contributed by atoms with Crippen molar-refractivity contribution in [1.82, 2.24) is 19.9 Å². The molecule has 142 valence electrons. The number of aromatic nitrogens is 4. The molecule has 0 aliphatic rings. The van der Waals surface area contributed by atoms with Gasteiger partial charge in [-0.05, 0) is 37.0 Å². The van der Waals surface area contributed by atoms with Gasteiger partial charge in [-0.1, -0.05) is 19.1 Å². The predicted octanol–water partition coefficient (Wildman–Crippen LogP) is 3.33. The van der Waals surface area contributed by atoms with Gasteiger partial charge in [-0.3, -0.25) is 4.79 Å². The molecule has 0 radical (unpaired) electrons. The minimum Gasteiger partial charge on any atom is -0.493 e. The number of fused-ring (bicyclic) bond motifs is 1. The summed E-state index contributed by atoms with van der Waals surface area (Å²) in [5, 5.41) is 3.54. The molecule has 0 spiro atoms. The van der Waals surface area contributed by atoms with Gasteiger partial charge >= 0.3 is 0 Å². The number of benzene rings is 1. The predicted molar refractivity (Wildman–Crippen MR) is 111 cm³/mol. The van der Waals surface area contributed by atoms with Crippen LogP contribution in [0.3, 0.4) is 0 Å². The van der Waals surface area contributed by atoms with E-state index in [0.717, 1.165) is 30.7 Å². The summed E-state index contributed by atoms with van der Waals surface area (Å²) in [6.45, 7) is 3.42. The first-order valence-corrected chi connectivity index (χ1v) is 10.3. The fraction of sp³-hybridized carbons (Fsp3) is 0.368. The van der Waals surface area contributed by atoms with Crippen LogP contribution in [0.25, 0.3) is 22.4 Å². The molecule has 2 heterocycles. The average Bonchev–Trinajstić information content (AvgIpc) is 2.69. The Morgan fingerprint density at radius 3 is 2.93 bits per heavy atom. The highest BCUT2D eigenvalue weighted by atomic mass is 32.2. The molecule has 0 saturated heterocycles. The minimum absolute atomic E-state index is 0.269. The van der Waals surface area contributed by atoms with Crippen molar-refractivity contribution in [1.29, 1.82) is 0 Å². The fourth-order valence-corrected chi connectivity index (χ4v) is 2.99. The maximum atomic E-state index is 12.5. The van der Waals surface area contributed by atoms with Crippen LogP contribution in [0.4, 0.5) is 5.95 Å². The number of hydrogen-bond acceptors (Lipinski definition) is 7. The Labute approximate surface area is 162 Å². The number of nitrogens with zero attached hydrogens (tertiary/aromatic N) is 3. The van der Waals surface area contributed by atoms with Crippen LogP contribution in [0.2, 0.25) is 0 Å². The van der Waals surface area contributed by atoms with Crippen molar-refractivity contribution in [2.75, 3.05) is 30.5 Å². The van der Waals surface area contributed by atoms with Gasteiger partial charge in [-0.2, -0.15) is 16.7 Å². The Kier molecular flexibility index (Phi) is 6.64. The molecule has 27 heavy (non-hydrogen) atoms. The topological polar surface area (TPSA) is 92.8 Å². The number of hydrogen-bond donors (Lipinski definition) is 2. The third-order valence-corrected chi connectivity index (χ3v) is 4.57. The van der Waals surface area contributed by atoms with Crippen molar-refractivity contribution in [2.24, 2.45) is 0 Å². The molecule has 0 amide bonds. The van der Waals surface area contributed by atoms with Gasteiger partial charge < -0.3 is 15.0 Å². The van der Waals surface area contributed by atoms with E-state index in [1.807, 2.05) is 31.2 Å². The van der Waals surface area contributed by atoms with Gasteiger partial charge in [0, 0.05) is 12.7 Å². The fourth-order valence-electron chi connectivity index (χ4n) is 2.56. The SMILES string of the molecule is CCCOc1ccccc1-c1nc2nc(NCCCSC)ncc2c(=O)[nH]1. The Morgan fingerprint density at radius 1 is 1.26 bits per heavy atom. The number of thioether (sulfide) groups is 1. The lowest BCUT2D eigenvalue weighted by molar-refractivity contribution is 0.318. The molecule has 3 rings (SSSR count). The van der Waals surface area contributed by atoms with E-state index in [4.69, 9.17) is 4.74 Å². The van der Waals surface area contributed by atoms with Gasteiger partial charge in [0.1, 0.15) is 17.0 Å². The Hall–Kier alpha value is -2.61. The number of nitrogens with one attached hydrogen (secondary N) is 2. The van der Waals surface area contributed by atoms with E-state index in [1.54, 1.807) is 11.8 Å². The second-order valence-corrected chi connectivity index (χ2v) is 6.95. The van der Waals surface area contributed by atoms with Crippen molar-refractivity contribution >= 4 is 28.7 Å². The quantitative estimate of drug-likeness (QED) is 0.546. The normalized spacial score (nSPS) is 10.9. The standard InChI is InChI=1S/C19H23N5O2S/c1-3-10-26-15-8-5-4-7-13(15)16-22-17-14(18(25)23-16)12-21-19(24-17)20-9-6-11-27-2/h4-5,7-8,12H,3,6,9-11H2,1-2H3,(H2,20,21,22,23,24,25). The van der Waals surface area contributed by atoms with E-state index in [9.17, 15) is 4.79 Å². The Balaban J connectivity index is 1.94. The summed E-state index contributed by atoms with van der Waals surface area (Å²) in [5.41, 5.74) is 0.827. The monoisotopic (exact) mass is 385 g/mol. The van der Waals surface area contributed by atoms with Crippen molar-refractivity contribution in [3.05, 3.63) is 40.8 Å². The van der Waals surface area contributed by atoms with Gasteiger partial charge in [0.15, 0.2) is 5.65 Å². The highest BCUT2D eigenvalue weighted by Gasteiger charge is 2.12. The number of para-hydroxylation sites is 1. The maximum absolute atomic E-state index is 12.5. The van der Waals surface area contributed by atoms with Crippen LogP contribution in [0.15, 0.2) is 35.3 Å². The first kappa shape index (κ1) is 19.2. The van der Waals surface area contributed by atoms with E-state index in [0.29, 0.717) is 35.2 Å². The lowest BCUT2D eigenvalue weighted by atomic mass is 10.2. The molecule has 0 aliphatic heterocycles. The molecule has 0 aliphatic carbocycles. The molecular weight excluding hydrogens is 362 g/mol. The average molecular weight is 385 g/mol. The summed E-state index contributed by atoms with van der Waals surface area (Å²) < 4.78 is 5.78. The number of aromatic amines is 1. The van der Waals surface area contributed by atoms with Crippen molar-refractivity contribution in [3.8, 4) is 17.1 Å². The largest absolute Gasteiger partial charge is 0.493 e. The highest BCUT2D eigenvalue weighted by Crippen LogP contribution is 2.27. The molecule has 0 atom stereocenters. The first-order valence-electron chi connectivity index (χ1n) is 8.95. The first-order chi connectivity index (χ1) is 13.2. The molecule has 0 fully saturated rings. The lowest BCUT2D eigenvalue weighted by Crippen LogP contribution is -2.13. The number of ether oxygens (including phenoxy) is 1.